The number of aliphatic hydroxyl groups excluding tert-OH is 1. The Bertz CT molecular complexity index is 1160. The van der Waals surface area contributed by atoms with E-state index in [1.54, 1.807) is 0 Å². The van der Waals surface area contributed by atoms with Crippen LogP contribution in [0.25, 0.3) is 0 Å². The Morgan fingerprint density at radius 3 is 2.44 bits per heavy atom. The molecule has 0 aliphatic carbocycles. The summed E-state index contributed by atoms with van der Waals surface area (Å²) in [6.45, 7) is 0.0660. The van der Waals surface area contributed by atoms with Gasteiger partial charge in [0.25, 0.3) is 5.91 Å². The predicted molar refractivity (Wildman–Crippen MR) is 132 cm³/mol. The average Bonchev–Trinajstić information content (AvgIpc) is 2.89. The summed E-state index contributed by atoms with van der Waals surface area (Å²) in [6.07, 6.45) is 0.213. The molecule has 2 amide bonds. The Morgan fingerprint density at radius 1 is 0.972 bits per heavy atom. The molecule has 0 radical (unpaired) electrons. The molecular formula is C28H29FN2O5. The third-order valence-corrected chi connectivity index (χ3v) is 6.00. The number of ether oxygens (including phenoxy) is 2. The molecule has 1 aliphatic rings. The highest BCUT2D eigenvalue weighted by atomic mass is 19.1. The van der Waals surface area contributed by atoms with Gasteiger partial charge in [-0.2, -0.15) is 0 Å². The van der Waals surface area contributed by atoms with Crippen molar-refractivity contribution in [3.05, 3.63) is 95.8 Å². The van der Waals surface area contributed by atoms with Crippen LogP contribution in [0.3, 0.4) is 0 Å². The fraction of sp³-hybridized carbons (Fsp3) is 0.286. The van der Waals surface area contributed by atoms with Gasteiger partial charge in [-0.15, -0.1) is 0 Å². The maximum atomic E-state index is 13.4. The van der Waals surface area contributed by atoms with E-state index in [0.717, 1.165) is 17.4 Å². The third-order valence-electron chi connectivity index (χ3n) is 6.00. The van der Waals surface area contributed by atoms with Crippen molar-refractivity contribution in [3.63, 3.8) is 0 Å². The van der Waals surface area contributed by atoms with E-state index >= 15 is 0 Å². The van der Waals surface area contributed by atoms with Gasteiger partial charge < -0.3 is 25.2 Å². The second kappa shape index (κ2) is 12.3. The lowest BCUT2D eigenvalue weighted by molar-refractivity contribution is -0.131. The van der Waals surface area contributed by atoms with Crippen molar-refractivity contribution in [3.8, 4) is 11.5 Å². The zero-order valence-electron chi connectivity index (χ0n) is 19.7. The molecule has 0 saturated carbocycles. The average molecular weight is 493 g/mol. The molecule has 1 aliphatic heterocycles. The molecule has 3 atom stereocenters. The number of para-hydroxylation sites is 1. The lowest BCUT2D eigenvalue weighted by Crippen LogP contribution is -2.51. The topological polar surface area (TPSA) is 96.9 Å². The Balaban J connectivity index is 1.22. The van der Waals surface area contributed by atoms with Crippen LogP contribution in [0.15, 0.2) is 78.9 Å². The first kappa shape index (κ1) is 25.3. The van der Waals surface area contributed by atoms with E-state index in [4.69, 9.17) is 9.47 Å². The number of aliphatic hydroxyl groups is 1. The molecule has 1 heterocycles. The van der Waals surface area contributed by atoms with Crippen molar-refractivity contribution in [2.45, 2.75) is 44.1 Å². The Labute approximate surface area is 209 Å². The van der Waals surface area contributed by atoms with Gasteiger partial charge in [0.2, 0.25) is 5.91 Å². The number of benzene rings is 3. The largest absolute Gasteiger partial charge is 0.457 e. The fourth-order valence-electron chi connectivity index (χ4n) is 4.11. The van der Waals surface area contributed by atoms with Gasteiger partial charge in [0.05, 0.1) is 25.2 Å². The van der Waals surface area contributed by atoms with Gasteiger partial charge in [0.15, 0.2) is 0 Å². The molecule has 0 spiro atoms. The van der Waals surface area contributed by atoms with E-state index < -0.39 is 23.9 Å². The van der Waals surface area contributed by atoms with Crippen LogP contribution in [0.2, 0.25) is 0 Å². The van der Waals surface area contributed by atoms with Crippen LogP contribution < -0.4 is 15.4 Å². The predicted octanol–water partition coefficient (Wildman–Crippen LogP) is 3.96. The first-order chi connectivity index (χ1) is 17.5. The summed E-state index contributed by atoms with van der Waals surface area (Å²) in [6, 6.07) is 22.0. The van der Waals surface area contributed by atoms with Crippen LogP contribution in [0.4, 0.5) is 4.39 Å². The first-order valence-electron chi connectivity index (χ1n) is 11.9. The van der Waals surface area contributed by atoms with Crippen LogP contribution >= 0.6 is 0 Å². The van der Waals surface area contributed by atoms with Crippen LogP contribution in [-0.2, 0) is 16.1 Å². The lowest BCUT2D eigenvalue weighted by Gasteiger charge is -2.36. The van der Waals surface area contributed by atoms with Crippen molar-refractivity contribution in [1.29, 1.82) is 0 Å². The number of hydrogen-bond donors (Lipinski definition) is 3. The molecule has 0 aromatic heterocycles. The molecule has 3 aromatic rings. The molecule has 36 heavy (non-hydrogen) atoms. The molecular weight excluding hydrogens is 463 g/mol. The Kier molecular flexibility index (Phi) is 8.65. The monoisotopic (exact) mass is 492 g/mol. The summed E-state index contributed by atoms with van der Waals surface area (Å²) in [5, 5.41) is 15.5. The highest BCUT2D eigenvalue weighted by Gasteiger charge is 2.33. The second-order valence-corrected chi connectivity index (χ2v) is 8.69. The summed E-state index contributed by atoms with van der Waals surface area (Å²) in [7, 11) is 0. The highest BCUT2D eigenvalue weighted by Crippen LogP contribution is 2.23. The Morgan fingerprint density at radius 2 is 1.72 bits per heavy atom. The zero-order chi connectivity index (χ0) is 25.3. The maximum Gasteiger partial charge on any atom is 0.251 e. The maximum absolute atomic E-state index is 13.4. The van der Waals surface area contributed by atoms with E-state index in [0.29, 0.717) is 25.1 Å². The number of halogens is 1. The zero-order valence-corrected chi connectivity index (χ0v) is 19.7. The number of rotatable bonds is 9. The third kappa shape index (κ3) is 7.13. The Hall–Kier alpha value is -3.75. The number of amides is 2. The molecule has 0 unspecified atom stereocenters. The summed E-state index contributed by atoms with van der Waals surface area (Å²) in [5.74, 6) is 0.370. The van der Waals surface area contributed by atoms with E-state index in [2.05, 4.69) is 10.6 Å². The van der Waals surface area contributed by atoms with Gasteiger partial charge >= 0.3 is 0 Å². The van der Waals surface area contributed by atoms with Crippen LogP contribution in [0.1, 0.15) is 35.2 Å². The van der Waals surface area contributed by atoms with Crippen molar-refractivity contribution in [2.24, 2.45) is 0 Å². The molecule has 0 bridgehead atoms. The number of carbonyl (C=O) groups is 2. The van der Waals surface area contributed by atoms with E-state index in [1.165, 1.54) is 18.2 Å². The van der Waals surface area contributed by atoms with Crippen molar-refractivity contribution in [2.75, 3.05) is 6.61 Å². The summed E-state index contributed by atoms with van der Waals surface area (Å²) in [4.78, 5) is 24.9. The van der Waals surface area contributed by atoms with Gasteiger partial charge in [-0.3, -0.25) is 9.59 Å². The first-order valence-corrected chi connectivity index (χ1v) is 11.9. The van der Waals surface area contributed by atoms with Crippen molar-refractivity contribution < 1.29 is 28.6 Å². The van der Waals surface area contributed by atoms with Crippen LogP contribution in [-0.4, -0.2) is 41.8 Å². The normalized spacial score (nSPS) is 19.3. The van der Waals surface area contributed by atoms with E-state index in [-0.39, 0.29) is 30.6 Å². The summed E-state index contributed by atoms with van der Waals surface area (Å²) < 4.78 is 25.1. The minimum absolute atomic E-state index is 0.149. The molecule has 3 N–H and O–H groups in total. The lowest BCUT2D eigenvalue weighted by atomic mass is 9.96. The van der Waals surface area contributed by atoms with Crippen LogP contribution in [0, 0.1) is 5.82 Å². The summed E-state index contributed by atoms with van der Waals surface area (Å²) in [5.41, 5.74) is 1.13. The van der Waals surface area contributed by atoms with E-state index in [9.17, 15) is 19.1 Å². The molecule has 188 valence electrons. The van der Waals surface area contributed by atoms with Gasteiger partial charge in [0.1, 0.15) is 23.4 Å². The number of hydrogen-bond acceptors (Lipinski definition) is 5. The fourth-order valence-corrected chi connectivity index (χ4v) is 4.11. The smallest absolute Gasteiger partial charge is 0.251 e. The van der Waals surface area contributed by atoms with Gasteiger partial charge in [-0.1, -0.05) is 36.4 Å². The minimum atomic E-state index is -0.647. The molecule has 8 heteroatoms. The minimum Gasteiger partial charge on any atom is -0.457 e. The van der Waals surface area contributed by atoms with Crippen LogP contribution in [0.5, 0.6) is 11.5 Å². The molecule has 7 nitrogen and oxygen atoms in total. The quantitative estimate of drug-likeness (QED) is 0.420. The molecule has 1 saturated heterocycles. The molecule has 3 aromatic carbocycles. The SMILES string of the molecule is O=C(C[C@H]1CC[C@H](NC(=O)c2cccc(F)c2)[C@H](CO)O1)NCc1ccc(Oc2ccccc2)cc1. The number of nitrogens with one attached hydrogen (secondary N) is 2. The highest BCUT2D eigenvalue weighted by molar-refractivity contribution is 5.94. The standard InChI is InChI=1S/C28H29FN2O5/c29-21-6-4-5-20(15-21)28(34)31-25-14-13-24(36-26(25)18-32)16-27(33)30-17-19-9-11-23(12-10-19)35-22-7-2-1-3-8-22/h1-12,15,24-26,32H,13-14,16-18H2,(H,30,33)(H,31,34)/t24-,25+,26+/m1/s1. The molecule has 4 rings (SSSR count). The second-order valence-electron chi connectivity index (χ2n) is 8.69. The van der Waals surface area contributed by atoms with Crippen molar-refractivity contribution >= 4 is 11.8 Å². The molecule has 1 fully saturated rings. The van der Waals surface area contributed by atoms with Gasteiger partial charge in [0, 0.05) is 12.1 Å². The van der Waals surface area contributed by atoms with E-state index in [1.807, 2.05) is 54.6 Å². The van der Waals surface area contributed by atoms with Gasteiger partial charge in [-0.05, 0) is 60.9 Å². The van der Waals surface area contributed by atoms with Gasteiger partial charge in [-0.25, -0.2) is 4.39 Å². The summed E-state index contributed by atoms with van der Waals surface area (Å²) >= 11 is 0. The number of carbonyl (C=O) groups excluding carboxylic acids is 2. The van der Waals surface area contributed by atoms with Crippen molar-refractivity contribution in [1.82, 2.24) is 10.6 Å².